The molecule has 0 atom stereocenters. The molecule has 0 radical (unpaired) electrons. The molecule has 0 saturated carbocycles. The van der Waals surface area contributed by atoms with Crippen LogP contribution in [0.4, 0.5) is 18.9 Å². The van der Waals surface area contributed by atoms with Gasteiger partial charge >= 0.3 is 11.9 Å². The summed E-state index contributed by atoms with van der Waals surface area (Å²) < 4.78 is 47.2. The van der Waals surface area contributed by atoms with Crippen molar-refractivity contribution >= 4 is 17.3 Å². The number of piperazine rings is 1. The molecule has 0 aliphatic carbocycles. The number of hydrogen-bond acceptors (Lipinski definition) is 5. The molecule has 1 aliphatic rings. The van der Waals surface area contributed by atoms with Crippen LogP contribution in [0.3, 0.4) is 0 Å². The summed E-state index contributed by atoms with van der Waals surface area (Å²) >= 11 is 6.12. The smallest absolute Gasteiger partial charge is 0.416 e. The number of ether oxygens (including phenoxy) is 1. The van der Waals surface area contributed by atoms with Gasteiger partial charge in [-0.15, -0.1) is 0 Å². The molecule has 11 heteroatoms. The van der Waals surface area contributed by atoms with Crippen molar-refractivity contribution in [2.24, 2.45) is 0 Å². The molecule has 1 aliphatic heterocycles. The standard InChI is InChI=1S/C26H31ClF3N5O2/c1-2-24-31-35(11-5-10-32-12-14-33(15-13-32)22-8-4-7-21(27)19-22)25(36)34(24)16-17-37-23-9-3-6-20(18-23)26(28,29)30/h3-4,6-9,18-19H,2,5,10-17H2,1H3. The Bertz CT molecular complexity index is 1240. The first-order valence-corrected chi connectivity index (χ1v) is 12.8. The molecule has 7 nitrogen and oxygen atoms in total. The topological polar surface area (TPSA) is 55.5 Å². The summed E-state index contributed by atoms with van der Waals surface area (Å²) in [7, 11) is 0. The van der Waals surface area contributed by atoms with Crippen molar-refractivity contribution in [2.75, 3.05) is 44.2 Å². The fourth-order valence-corrected chi connectivity index (χ4v) is 4.67. The Morgan fingerprint density at radius 3 is 2.46 bits per heavy atom. The fourth-order valence-electron chi connectivity index (χ4n) is 4.48. The van der Waals surface area contributed by atoms with Crippen LogP contribution in [0.25, 0.3) is 0 Å². The number of nitrogens with zero attached hydrogens (tertiary/aromatic N) is 5. The van der Waals surface area contributed by atoms with E-state index in [0.717, 1.165) is 62.0 Å². The Morgan fingerprint density at radius 1 is 1.00 bits per heavy atom. The quantitative estimate of drug-likeness (QED) is 0.379. The van der Waals surface area contributed by atoms with Gasteiger partial charge in [-0.05, 0) is 42.8 Å². The zero-order valence-electron chi connectivity index (χ0n) is 20.8. The lowest BCUT2D eigenvalue weighted by Crippen LogP contribution is -2.46. The predicted molar refractivity (Wildman–Crippen MR) is 138 cm³/mol. The van der Waals surface area contributed by atoms with E-state index in [0.29, 0.717) is 18.8 Å². The molecule has 3 aromatic rings. The number of halogens is 4. The monoisotopic (exact) mass is 537 g/mol. The number of hydrogen-bond donors (Lipinski definition) is 0. The molecular weight excluding hydrogens is 507 g/mol. The van der Waals surface area contributed by atoms with Gasteiger partial charge in [0, 0.05) is 56.4 Å². The summed E-state index contributed by atoms with van der Waals surface area (Å²) in [5, 5.41) is 5.20. The van der Waals surface area contributed by atoms with E-state index < -0.39 is 11.7 Å². The molecule has 37 heavy (non-hydrogen) atoms. The number of rotatable bonds is 10. The second-order valence-corrected chi connectivity index (χ2v) is 9.40. The van der Waals surface area contributed by atoms with Crippen LogP contribution in [-0.2, 0) is 25.7 Å². The number of anilines is 1. The normalized spacial score (nSPS) is 14.8. The van der Waals surface area contributed by atoms with Crippen molar-refractivity contribution < 1.29 is 17.9 Å². The van der Waals surface area contributed by atoms with E-state index in [-0.39, 0.29) is 24.6 Å². The third-order valence-corrected chi connectivity index (χ3v) is 6.69. The minimum atomic E-state index is -4.43. The lowest BCUT2D eigenvalue weighted by molar-refractivity contribution is -0.137. The molecule has 1 fully saturated rings. The maximum Gasteiger partial charge on any atom is 0.416 e. The average molecular weight is 538 g/mol. The van der Waals surface area contributed by atoms with E-state index in [1.54, 1.807) is 0 Å². The maximum absolute atomic E-state index is 12.9. The van der Waals surface area contributed by atoms with Crippen LogP contribution < -0.4 is 15.3 Å². The van der Waals surface area contributed by atoms with Gasteiger partial charge in [-0.2, -0.15) is 18.3 Å². The zero-order valence-corrected chi connectivity index (χ0v) is 21.5. The molecule has 0 spiro atoms. The summed E-state index contributed by atoms with van der Waals surface area (Å²) in [5.74, 6) is 0.747. The van der Waals surface area contributed by atoms with Gasteiger partial charge in [-0.25, -0.2) is 9.48 Å². The highest BCUT2D eigenvalue weighted by atomic mass is 35.5. The number of aryl methyl sites for hydroxylation is 2. The van der Waals surface area contributed by atoms with Crippen molar-refractivity contribution in [1.82, 2.24) is 19.2 Å². The first-order valence-electron chi connectivity index (χ1n) is 12.4. The van der Waals surface area contributed by atoms with E-state index in [1.165, 1.54) is 21.4 Å². The molecular formula is C26H31ClF3N5O2. The van der Waals surface area contributed by atoms with Crippen LogP contribution >= 0.6 is 11.6 Å². The van der Waals surface area contributed by atoms with Gasteiger partial charge in [0.15, 0.2) is 0 Å². The van der Waals surface area contributed by atoms with Crippen molar-refractivity contribution in [3.05, 3.63) is 75.4 Å². The van der Waals surface area contributed by atoms with Gasteiger partial charge in [-0.1, -0.05) is 30.7 Å². The third-order valence-electron chi connectivity index (χ3n) is 6.45. The summed E-state index contributed by atoms with van der Waals surface area (Å²) in [6, 6.07) is 12.6. The Morgan fingerprint density at radius 2 is 1.76 bits per heavy atom. The van der Waals surface area contributed by atoms with Gasteiger partial charge in [0.2, 0.25) is 0 Å². The van der Waals surface area contributed by atoms with Gasteiger partial charge in [0.25, 0.3) is 0 Å². The molecule has 2 heterocycles. The minimum Gasteiger partial charge on any atom is -0.492 e. The van der Waals surface area contributed by atoms with Gasteiger partial charge < -0.3 is 9.64 Å². The van der Waals surface area contributed by atoms with Crippen molar-refractivity contribution in [1.29, 1.82) is 0 Å². The first kappa shape index (κ1) is 27.1. The Balaban J connectivity index is 1.26. The van der Waals surface area contributed by atoms with E-state index in [9.17, 15) is 18.0 Å². The van der Waals surface area contributed by atoms with Crippen molar-refractivity contribution in [3.63, 3.8) is 0 Å². The molecule has 4 rings (SSSR count). The predicted octanol–water partition coefficient (Wildman–Crippen LogP) is 4.57. The SMILES string of the molecule is CCc1nn(CCCN2CCN(c3cccc(Cl)c3)CC2)c(=O)n1CCOc1cccc(C(F)(F)F)c1. The lowest BCUT2D eigenvalue weighted by Gasteiger charge is -2.36. The van der Waals surface area contributed by atoms with Crippen LogP contribution in [0.15, 0.2) is 53.3 Å². The number of alkyl halides is 3. The van der Waals surface area contributed by atoms with E-state index in [2.05, 4.69) is 21.0 Å². The van der Waals surface area contributed by atoms with Crippen LogP contribution in [0.2, 0.25) is 5.02 Å². The largest absolute Gasteiger partial charge is 0.492 e. The highest BCUT2D eigenvalue weighted by Crippen LogP contribution is 2.31. The minimum absolute atomic E-state index is 0.0663. The van der Waals surface area contributed by atoms with Gasteiger partial charge in [0.1, 0.15) is 18.2 Å². The van der Waals surface area contributed by atoms with Crippen LogP contribution in [0.5, 0.6) is 5.75 Å². The van der Waals surface area contributed by atoms with Gasteiger partial charge in [0.05, 0.1) is 12.1 Å². The molecule has 1 aromatic heterocycles. The Hall–Kier alpha value is -2.98. The van der Waals surface area contributed by atoms with Crippen molar-refractivity contribution in [2.45, 2.75) is 39.0 Å². The maximum atomic E-state index is 12.9. The van der Waals surface area contributed by atoms with E-state index in [1.807, 2.05) is 25.1 Å². The van der Waals surface area contributed by atoms with Crippen LogP contribution in [0, 0.1) is 0 Å². The fraction of sp³-hybridized carbons (Fsp3) is 0.462. The molecule has 200 valence electrons. The Kier molecular flexibility index (Phi) is 8.81. The summed E-state index contributed by atoms with van der Waals surface area (Å²) in [5.41, 5.74) is 0.138. The molecule has 2 aromatic carbocycles. The highest BCUT2D eigenvalue weighted by molar-refractivity contribution is 6.30. The molecule has 0 bridgehead atoms. The molecule has 0 unspecified atom stereocenters. The van der Waals surface area contributed by atoms with Crippen molar-refractivity contribution in [3.8, 4) is 5.75 Å². The first-order chi connectivity index (χ1) is 17.7. The molecule has 1 saturated heterocycles. The zero-order chi connectivity index (χ0) is 26.4. The number of benzene rings is 2. The van der Waals surface area contributed by atoms with Crippen LogP contribution in [0.1, 0.15) is 24.7 Å². The Labute approximate surface area is 219 Å². The number of aromatic nitrogens is 3. The highest BCUT2D eigenvalue weighted by Gasteiger charge is 2.30. The van der Waals surface area contributed by atoms with E-state index in [4.69, 9.17) is 16.3 Å². The van der Waals surface area contributed by atoms with Crippen LogP contribution in [-0.4, -0.2) is 58.6 Å². The summed E-state index contributed by atoms with van der Waals surface area (Å²) in [6.45, 7) is 7.26. The second kappa shape index (κ2) is 12.0. The lowest BCUT2D eigenvalue weighted by atomic mass is 10.2. The molecule has 0 amide bonds. The van der Waals surface area contributed by atoms with Gasteiger partial charge in [-0.3, -0.25) is 9.47 Å². The summed E-state index contributed by atoms with van der Waals surface area (Å²) in [4.78, 5) is 17.6. The van der Waals surface area contributed by atoms with E-state index >= 15 is 0 Å². The average Bonchev–Trinajstić information content (AvgIpc) is 3.18. The second-order valence-electron chi connectivity index (χ2n) is 8.96. The summed E-state index contributed by atoms with van der Waals surface area (Å²) in [6.07, 6.45) is -3.08. The third kappa shape index (κ3) is 7.07. The molecule has 0 N–H and O–H groups in total.